The van der Waals surface area contributed by atoms with Gasteiger partial charge in [0.15, 0.2) is 5.11 Å². The molecule has 30 heavy (non-hydrogen) atoms. The molecule has 1 aromatic carbocycles. The van der Waals surface area contributed by atoms with Gasteiger partial charge in [0.25, 0.3) is 0 Å². The van der Waals surface area contributed by atoms with Crippen LogP contribution in [0.25, 0.3) is 0 Å². The highest BCUT2D eigenvalue weighted by Crippen LogP contribution is 2.43. The summed E-state index contributed by atoms with van der Waals surface area (Å²) in [7, 11) is 1.71. The van der Waals surface area contributed by atoms with Crippen LogP contribution in [0.1, 0.15) is 34.7 Å². The summed E-state index contributed by atoms with van der Waals surface area (Å²) in [5.74, 6) is -0.271. The summed E-state index contributed by atoms with van der Waals surface area (Å²) in [5, 5.41) is 4.05. The van der Waals surface area contributed by atoms with Crippen molar-refractivity contribution in [2.75, 3.05) is 18.6 Å². The molecule has 0 amide bonds. The van der Waals surface area contributed by atoms with Crippen LogP contribution < -0.4 is 10.2 Å². The highest BCUT2D eigenvalue weighted by molar-refractivity contribution is 7.80. The Morgan fingerprint density at radius 2 is 1.93 bits per heavy atom. The van der Waals surface area contributed by atoms with E-state index in [9.17, 15) is 4.39 Å². The minimum Gasteiger partial charge on any atom is -0.383 e. The van der Waals surface area contributed by atoms with Gasteiger partial charge in [-0.2, -0.15) is 0 Å². The molecule has 0 bridgehead atoms. The Bertz CT molecular complexity index is 1040. The zero-order chi connectivity index (χ0) is 21.3. The first-order valence-electron chi connectivity index (χ1n) is 9.93. The maximum atomic E-state index is 13.6. The third-order valence-corrected chi connectivity index (χ3v) is 5.97. The van der Waals surface area contributed by atoms with Gasteiger partial charge >= 0.3 is 0 Å². The van der Waals surface area contributed by atoms with E-state index in [4.69, 9.17) is 17.0 Å². The van der Waals surface area contributed by atoms with Crippen molar-refractivity contribution in [2.24, 2.45) is 0 Å². The van der Waals surface area contributed by atoms with Crippen LogP contribution in [-0.2, 0) is 11.3 Å². The fourth-order valence-electron chi connectivity index (χ4n) is 4.20. The zero-order valence-corrected chi connectivity index (χ0v) is 18.1. The van der Waals surface area contributed by atoms with Crippen molar-refractivity contribution in [3.05, 3.63) is 83.2 Å². The van der Waals surface area contributed by atoms with Crippen molar-refractivity contribution >= 4 is 23.0 Å². The van der Waals surface area contributed by atoms with Crippen LogP contribution in [0.2, 0.25) is 0 Å². The van der Waals surface area contributed by atoms with E-state index in [1.807, 2.05) is 18.2 Å². The molecule has 0 spiro atoms. The Labute approximate surface area is 181 Å². The first-order valence-corrected chi connectivity index (χ1v) is 10.3. The van der Waals surface area contributed by atoms with E-state index in [1.54, 1.807) is 25.4 Å². The van der Waals surface area contributed by atoms with Crippen LogP contribution in [0.4, 0.5) is 10.1 Å². The first-order chi connectivity index (χ1) is 14.5. The van der Waals surface area contributed by atoms with Crippen molar-refractivity contribution in [2.45, 2.75) is 32.5 Å². The number of aromatic nitrogens is 2. The van der Waals surface area contributed by atoms with Crippen molar-refractivity contribution < 1.29 is 9.13 Å². The summed E-state index contributed by atoms with van der Waals surface area (Å²) >= 11 is 5.73. The SMILES string of the molecule is COCCn1c(C)cc([C@@H]2[C@@H](c3ccccn3)NC(=S)N2c2ccc(F)cc2)c1C. The van der Waals surface area contributed by atoms with Crippen LogP contribution in [0.15, 0.2) is 54.7 Å². The lowest BCUT2D eigenvalue weighted by atomic mass is 9.96. The molecule has 0 radical (unpaired) electrons. The minimum absolute atomic E-state index is 0.111. The molecule has 1 N–H and O–H groups in total. The Morgan fingerprint density at radius 3 is 2.60 bits per heavy atom. The number of nitrogens with one attached hydrogen (secondary N) is 1. The normalized spacial score (nSPS) is 18.7. The summed E-state index contributed by atoms with van der Waals surface area (Å²) in [6.45, 7) is 5.65. The first kappa shape index (κ1) is 20.5. The average molecular weight is 425 g/mol. The van der Waals surface area contributed by atoms with Crippen LogP contribution in [-0.4, -0.2) is 28.4 Å². The van der Waals surface area contributed by atoms with E-state index in [0.29, 0.717) is 11.7 Å². The molecule has 5 nitrogen and oxygen atoms in total. The number of aryl methyl sites for hydroxylation is 1. The average Bonchev–Trinajstić information content (AvgIpc) is 3.23. The van der Waals surface area contributed by atoms with Gasteiger partial charge in [-0.1, -0.05) is 6.07 Å². The molecule has 0 saturated carbocycles. The number of thiocarbonyl (C=S) groups is 1. The summed E-state index contributed by atoms with van der Waals surface area (Å²) in [6, 6.07) is 14.3. The molecule has 1 fully saturated rings. The van der Waals surface area contributed by atoms with Crippen molar-refractivity contribution in [3.63, 3.8) is 0 Å². The number of hydrogen-bond donors (Lipinski definition) is 1. The molecule has 2 aromatic heterocycles. The number of hydrogen-bond acceptors (Lipinski definition) is 3. The Morgan fingerprint density at radius 1 is 1.17 bits per heavy atom. The second-order valence-electron chi connectivity index (χ2n) is 7.44. The number of ether oxygens (including phenoxy) is 1. The van der Waals surface area contributed by atoms with E-state index >= 15 is 0 Å². The quantitative estimate of drug-likeness (QED) is 0.592. The predicted octanol–water partition coefficient (Wildman–Crippen LogP) is 4.46. The maximum Gasteiger partial charge on any atom is 0.174 e. The number of rotatable bonds is 6. The molecule has 3 heterocycles. The second-order valence-corrected chi connectivity index (χ2v) is 7.83. The van der Waals surface area contributed by atoms with Crippen LogP contribution in [0.3, 0.4) is 0 Å². The van der Waals surface area contributed by atoms with Gasteiger partial charge in [-0.15, -0.1) is 0 Å². The third kappa shape index (κ3) is 3.70. The van der Waals surface area contributed by atoms with Crippen molar-refractivity contribution in [1.29, 1.82) is 0 Å². The van der Waals surface area contributed by atoms with E-state index in [0.717, 1.165) is 34.9 Å². The predicted molar refractivity (Wildman–Crippen MR) is 120 cm³/mol. The van der Waals surface area contributed by atoms with E-state index in [-0.39, 0.29) is 17.9 Å². The van der Waals surface area contributed by atoms with Gasteiger partial charge in [-0.05, 0) is 74.1 Å². The molecule has 7 heteroatoms. The Kier molecular flexibility index (Phi) is 5.83. The fraction of sp³-hybridized carbons (Fsp3) is 0.304. The molecule has 0 aliphatic carbocycles. The van der Waals surface area contributed by atoms with Crippen LogP contribution >= 0.6 is 12.2 Å². The summed E-state index contributed by atoms with van der Waals surface area (Å²) in [6.07, 6.45) is 1.79. The lowest BCUT2D eigenvalue weighted by Gasteiger charge is -2.28. The number of methoxy groups -OCH3 is 1. The number of nitrogens with zero attached hydrogens (tertiary/aromatic N) is 3. The molecule has 156 valence electrons. The van der Waals surface area contributed by atoms with Gasteiger partial charge in [0.2, 0.25) is 0 Å². The number of benzene rings is 1. The summed E-state index contributed by atoms with van der Waals surface area (Å²) in [5.41, 5.74) is 5.25. The van der Waals surface area contributed by atoms with Gasteiger partial charge < -0.3 is 19.5 Å². The molecule has 1 saturated heterocycles. The highest BCUT2D eigenvalue weighted by atomic mass is 32.1. The monoisotopic (exact) mass is 424 g/mol. The molecule has 2 atom stereocenters. The minimum atomic E-state index is -0.271. The van der Waals surface area contributed by atoms with Crippen molar-refractivity contribution in [3.8, 4) is 0 Å². The molecule has 0 unspecified atom stereocenters. The Hall–Kier alpha value is -2.77. The second kappa shape index (κ2) is 8.53. The van der Waals surface area contributed by atoms with Crippen LogP contribution in [0, 0.1) is 19.7 Å². The summed E-state index contributed by atoms with van der Waals surface area (Å²) < 4.78 is 21.1. The fourth-order valence-corrected chi connectivity index (χ4v) is 4.55. The smallest absolute Gasteiger partial charge is 0.174 e. The highest BCUT2D eigenvalue weighted by Gasteiger charge is 2.42. The molecular weight excluding hydrogens is 399 g/mol. The van der Waals surface area contributed by atoms with E-state index < -0.39 is 0 Å². The third-order valence-electron chi connectivity index (χ3n) is 5.65. The van der Waals surface area contributed by atoms with Gasteiger partial charge in [0.05, 0.1) is 24.4 Å². The molecule has 1 aliphatic rings. The van der Waals surface area contributed by atoms with Crippen LogP contribution in [0.5, 0.6) is 0 Å². The largest absolute Gasteiger partial charge is 0.383 e. The lowest BCUT2D eigenvalue weighted by Crippen LogP contribution is -2.29. The van der Waals surface area contributed by atoms with E-state index in [2.05, 4.69) is 39.7 Å². The molecular formula is C23H25FN4OS. The lowest BCUT2D eigenvalue weighted by molar-refractivity contribution is 0.186. The number of pyridine rings is 1. The topological polar surface area (TPSA) is 42.3 Å². The maximum absolute atomic E-state index is 13.6. The Balaban J connectivity index is 1.83. The molecule has 4 rings (SSSR count). The standard InChI is InChI=1S/C23H25FN4OS/c1-15-14-19(16(2)27(15)12-13-29-3)22-21(20-6-4-5-11-25-20)26-23(30)28(22)18-9-7-17(24)8-10-18/h4-11,14,21-22H,12-13H2,1-3H3,(H,26,30)/t21-,22-/m1/s1. The van der Waals surface area contributed by atoms with E-state index in [1.165, 1.54) is 12.1 Å². The number of anilines is 1. The van der Waals surface area contributed by atoms with Crippen molar-refractivity contribution in [1.82, 2.24) is 14.9 Å². The molecule has 1 aliphatic heterocycles. The van der Waals surface area contributed by atoms with Gasteiger partial charge in [0.1, 0.15) is 5.82 Å². The molecule has 3 aromatic rings. The van der Waals surface area contributed by atoms with Gasteiger partial charge in [-0.25, -0.2) is 4.39 Å². The van der Waals surface area contributed by atoms with Gasteiger partial charge in [0, 0.05) is 36.9 Å². The number of halogens is 1. The van der Waals surface area contributed by atoms with Gasteiger partial charge in [-0.3, -0.25) is 4.98 Å². The zero-order valence-electron chi connectivity index (χ0n) is 17.3. The summed E-state index contributed by atoms with van der Waals surface area (Å²) in [4.78, 5) is 6.65.